The van der Waals surface area contributed by atoms with Crippen LogP contribution in [0.2, 0.25) is 10.0 Å². The minimum Gasteiger partial charge on any atom is -0.350 e. The van der Waals surface area contributed by atoms with Crippen LogP contribution in [0.3, 0.4) is 0 Å². The molecule has 1 amide bonds. The Hall–Kier alpha value is -0.460. The molecule has 1 aliphatic carbocycles. The highest BCUT2D eigenvalue weighted by molar-refractivity contribution is 7.97. The van der Waals surface area contributed by atoms with Gasteiger partial charge in [-0.25, -0.2) is 4.31 Å². The van der Waals surface area contributed by atoms with E-state index in [1.165, 1.54) is 37.9 Å². The second-order valence-electron chi connectivity index (χ2n) is 8.19. The van der Waals surface area contributed by atoms with E-state index in [1.54, 1.807) is 18.2 Å². The van der Waals surface area contributed by atoms with Gasteiger partial charge in [0.2, 0.25) is 0 Å². The Morgan fingerprint density at radius 2 is 1.79 bits per heavy atom. The van der Waals surface area contributed by atoms with E-state index in [-0.39, 0.29) is 11.4 Å². The fourth-order valence-corrected chi connectivity index (χ4v) is 5.87. The van der Waals surface area contributed by atoms with Crippen LogP contribution < -0.4 is 5.32 Å². The number of hydrogen-bond acceptors (Lipinski definition) is 4. The predicted molar refractivity (Wildman–Crippen MR) is 125 cm³/mol. The van der Waals surface area contributed by atoms with Crippen LogP contribution in [0.15, 0.2) is 18.2 Å². The van der Waals surface area contributed by atoms with Gasteiger partial charge in [-0.05, 0) is 37.5 Å². The zero-order valence-corrected chi connectivity index (χ0v) is 19.7. The third-order valence-electron chi connectivity index (χ3n) is 6.18. The molecule has 1 N–H and O–H groups in total. The molecule has 2 fully saturated rings. The highest BCUT2D eigenvalue weighted by Crippen LogP contribution is 2.34. The van der Waals surface area contributed by atoms with E-state index in [1.807, 2.05) is 11.9 Å². The van der Waals surface area contributed by atoms with E-state index in [9.17, 15) is 4.79 Å². The molecule has 7 heteroatoms. The summed E-state index contributed by atoms with van der Waals surface area (Å²) in [4.78, 5) is 15.5. The first-order valence-corrected chi connectivity index (χ1v) is 12.6. The Bertz CT molecular complexity index is 672. The molecule has 0 unspecified atom stereocenters. The summed E-state index contributed by atoms with van der Waals surface area (Å²) in [5.41, 5.74) is 0.563. The molecule has 1 saturated carbocycles. The molecule has 2 aliphatic rings. The quantitative estimate of drug-likeness (QED) is 0.433. The van der Waals surface area contributed by atoms with Gasteiger partial charge in [-0.15, -0.1) is 0 Å². The summed E-state index contributed by atoms with van der Waals surface area (Å²) in [6, 6.07) is 5.06. The largest absolute Gasteiger partial charge is 0.350 e. The number of piperazine rings is 1. The first-order chi connectivity index (χ1) is 14.0. The fraction of sp³-hybridized carbons (Fsp3) is 0.682. The summed E-state index contributed by atoms with van der Waals surface area (Å²) in [6.45, 7) is 7.28. The van der Waals surface area contributed by atoms with Crippen molar-refractivity contribution in [3.8, 4) is 0 Å². The molecule has 3 rings (SSSR count). The van der Waals surface area contributed by atoms with Crippen molar-refractivity contribution in [2.24, 2.45) is 0 Å². The Labute approximate surface area is 189 Å². The molecule has 4 nitrogen and oxygen atoms in total. The summed E-state index contributed by atoms with van der Waals surface area (Å²) in [5.74, 6) is 1.09. The summed E-state index contributed by atoms with van der Waals surface area (Å²) >= 11 is 14.2. The van der Waals surface area contributed by atoms with Crippen LogP contribution in [-0.4, -0.2) is 59.1 Å². The van der Waals surface area contributed by atoms with Gasteiger partial charge in [-0.1, -0.05) is 67.8 Å². The van der Waals surface area contributed by atoms with Crippen LogP contribution >= 0.6 is 35.1 Å². The Morgan fingerprint density at radius 3 is 2.41 bits per heavy atom. The maximum absolute atomic E-state index is 12.8. The number of rotatable bonds is 7. The Kier molecular flexibility index (Phi) is 9.00. The molecule has 1 saturated heterocycles. The molecule has 0 radical (unpaired) electrons. The molecule has 1 aromatic rings. The van der Waals surface area contributed by atoms with Crippen LogP contribution in [-0.2, 0) is 0 Å². The molecule has 1 aromatic carbocycles. The van der Waals surface area contributed by atoms with E-state index in [0.29, 0.717) is 22.2 Å². The summed E-state index contributed by atoms with van der Waals surface area (Å²) in [6.07, 6.45) is 8.60. The Morgan fingerprint density at radius 1 is 1.10 bits per heavy atom. The minimum absolute atomic E-state index is 0.0621. The summed E-state index contributed by atoms with van der Waals surface area (Å²) < 4.78 is 2.51. The molecule has 0 aromatic heterocycles. The van der Waals surface area contributed by atoms with Crippen LogP contribution in [0.1, 0.15) is 62.2 Å². The van der Waals surface area contributed by atoms with Crippen molar-refractivity contribution in [1.82, 2.24) is 14.5 Å². The van der Waals surface area contributed by atoms with Crippen molar-refractivity contribution in [3.05, 3.63) is 33.8 Å². The molecule has 162 valence electrons. The number of carbonyl (C=O) groups excluding carboxylic acids is 1. The highest BCUT2D eigenvalue weighted by atomic mass is 35.5. The van der Waals surface area contributed by atoms with E-state index in [0.717, 1.165) is 39.0 Å². The van der Waals surface area contributed by atoms with Crippen LogP contribution in [0.4, 0.5) is 0 Å². The lowest BCUT2D eigenvalue weighted by Gasteiger charge is -2.47. The van der Waals surface area contributed by atoms with E-state index in [2.05, 4.69) is 21.4 Å². The average molecular weight is 458 g/mol. The fourth-order valence-electron chi connectivity index (χ4n) is 4.52. The molecular formula is C22H33Cl2N3OS. The second kappa shape index (κ2) is 11.2. The lowest BCUT2D eigenvalue weighted by atomic mass is 9.87. The van der Waals surface area contributed by atoms with E-state index >= 15 is 0 Å². The first-order valence-electron chi connectivity index (χ1n) is 10.9. The molecular weight excluding hydrogens is 425 g/mol. The van der Waals surface area contributed by atoms with E-state index in [4.69, 9.17) is 23.2 Å². The third-order valence-corrected chi connectivity index (χ3v) is 8.04. The second-order valence-corrected chi connectivity index (χ2v) is 10.2. The SMILES string of the molecule is CCCSN1CCN(C2(CNC(=O)c3ccc(Cl)cc3Cl)CCCCCC2)CC1. The topological polar surface area (TPSA) is 35.6 Å². The number of nitrogens with one attached hydrogen (secondary N) is 1. The number of hydrogen-bond donors (Lipinski definition) is 1. The number of carbonyl (C=O) groups is 1. The van der Waals surface area contributed by atoms with Crippen molar-refractivity contribution < 1.29 is 4.79 Å². The van der Waals surface area contributed by atoms with Gasteiger partial charge in [0, 0.05) is 49.0 Å². The average Bonchev–Trinajstić information content (AvgIpc) is 2.97. The van der Waals surface area contributed by atoms with Gasteiger partial charge >= 0.3 is 0 Å². The van der Waals surface area contributed by atoms with Crippen molar-refractivity contribution in [2.45, 2.75) is 57.4 Å². The maximum Gasteiger partial charge on any atom is 0.252 e. The predicted octanol–water partition coefficient (Wildman–Crippen LogP) is 5.49. The van der Waals surface area contributed by atoms with Crippen molar-refractivity contribution in [2.75, 3.05) is 38.5 Å². The maximum atomic E-state index is 12.8. The monoisotopic (exact) mass is 457 g/mol. The molecule has 29 heavy (non-hydrogen) atoms. The highest BCUT2D eigenvalue weighted by Gasteiger charge is 2.39. The molecule has 0 spiro atoms. The number of amides is 1. The van der Waals surface area contributed by atoms with Gasteiger partial charge < -0.3 is 5.32 Å². The molecule has 0 bridgehead atoms. The van der Waals surface area contributed by atoms with Gasteiger partial charge in [-0.3, -0.25) is 9.69 Å². The number of halogens is 2. The normalized spacial score (nSPS) is 20.9. The van der Waals surface area contributed by atoms with Gasteiger partial charge in [-0.2, -0.15) is 0 Å². The third kappa shape index (κ3) is 6.27. The first kappa shape index (κ1) is 23.2. The summed E-state index contributed by atoms with van der Waals surface area (Å²) in [7, 11) is 0. The van der Waals surface area contributed by atoms with Crippen LogP contribution in [0.5, 0.6) is 0 Å². The molecule has 0 atom stereocenters. The van der Waals surface area contributed by atoms with Gasteiger partial charge in [0.1, 0.15) is 0 Å². The van der Waals surface area contributed by atoms with Gasteiger partial charge in [0.25, 0.3) is 5.91 Å². The lowest BCUT2D eigenvalue weighted by Crippen LogP contribution is -2.60. The van der Waals surface area contributed by atoms with Crippen molar-refractivity contribution in [3.63, 3.8) is 0 Å². The number of nitrogens with zero attached hydrogens (tertiary/aromatic N) is 2. The zero-order chi connectivity index (χ0) is 20.7. The van der Waals surface area contributed by atoms with Gasteiger partial charge in [0.05, 0.1) is 10.6 Å². The summed E-state index contributed by atoms with van der Waals surface area (Å²) in [5, 5.41) is 4.17. The molecule has 1 aliphatic heterocycles. The minimum atomic E-state index is -0.104. The van der Waals surface area contributed by atoms with Crippen LogP contribution in [0.25, 0.3) is 0 Å². The Balaban J connectivity index is 1.66. The van der Waals surface area contributed by atoms with E-state index < -0.39 is 0 Å². The van der Waals surface area contributed by atoms with Crippen LogP contribution in [0, 0.1) is 0 Å². The van der Waals surface area contributed by atoms with Crippen molar-refractivity contribution in [1.29, 1.82) is 0 Å². The van der Waals surface area contributed by atoms with Crippen molar-refractivity contribution >= 4 is 41.1 Å². The zero-order valence-electron chi connectivity index (χ0n) is 17.4. The standard InChI is InChI=1S/C22H33Cl2N3OS/c1-2-15-29-27-13-11-26(12-14-27)22(9-5-3-4-6-10-22)17-25-21(28)19-8-7-18(23)16-20(19)24/h7-8,16H,2-6,9-15,17H2,1H3,(H,25,28). The molecule has 1 heterocycles. The lowest BCUT2D eigenvalue weighted by molar-refractivity contribution is 0.0410. The van der Waals surface area contributed by atoms with Gasteiger partial charge in [0.15, 0.2) is 0 Å². The smallest absolute Gasteiger partial charge is 0.252 e. The number of benzene rings is 1.